The highest BCUT2D eigenvalue weighted by atomic mass is 19.1. The third kappa shape index (κ3) is 2.28. The first kappa shape index (κ1) is 12.0. The molecule has 0 spiro atoms. The standard InChI is InChI=1S/C11H10FNO3/c1-11(2,10(14)15)16-9-5-3-4-8(12)7(9)6-13/h3-5H,1-2H3,(H,14,15). The lowest BCUT2D eigenvalue weighted by Gasteiger charge is -2.22. The Morgan fingerprint density at radius 2 is 2.19 bits per heavy atom. The van der Waals surface area contributed by atoms with Gasteiger partial charge in [0.15, 0.2) is 5.60 Å². The van der Waals surface area contributed by atoms with E-state index in [1.165, 1.54) is 26.0 Å². The molecule has 0 aliphatic rings. The normalized spacial score (nSPS) is 10.6. The minimum absolute atomic E-state index is 0.0742. The Morgan fingerprint density at radius 3 is 2.69 bits per heavy atom. The van der Waals surface area contributed by atoms with Gasteiger partial charge in [0.2, 0.25) is 0 Å². The molecule has 16 heavy (non-hydrogen) atoms. The number of nitriles is 1. The van der Waals surface area contributed by atoms with Crippen molar-refractivity contribution >= 4 is 5.97 Å². The molecular weight excluding hydrogens is 213 g/mol. The molecule has 84 valence electrons. The van der Waals surface area contributed by atoms with Crippen molar-refractivity contribution < 1.29 is 19.0 Å². The number of hydrogen-bond donors (Lipinski definition) is 1. The maximum Gasteiger partial charge on any atom is 0.347 e. The summed E-state index contributed by atoms with van der Waals surface area (Å²) in [6, 6.07) is 5.45. The summed E-state index contributed by atoms with van der Waals surface area (Å²) in [5.41, 5.74) is -1.81. The van der Waals surface area contributed by atoms with Crippen LogP contribution in [0.5, 0.6) is 5.75 Å². The van der Waals surface area contributed by atoms with E-state index in [0.717, 1.165) is 6.07 Å². The van der Waals surface area contributed by atoms with Crippen molar-refractivity contribution in [3.05, 3.63) is 29.6 Å². The van der Waals surface area contributed by atoms with Crippen LogP contribution < -0.4 is 4.74 Å². The van der Waals surface area contributed by atoms with E-state index in [0.29, 0.717) is 0 Å². The van der Waals surface area contributed by atoms with Crippen molar-refractivity contribution in [3.63, 3.8) is 0 Å². The van der Waals surface area contributed by atoms with Crippen LogP contribution in [-0.2, 0) is 4.79 Å². The van der Waals surface area contributed by atoms with E-state index in [4.69, 9.17) is 15.1 Å². The molecule has 0 heterocycles. The number of aliphatic carboxylic acids is 1. The smallest absolute Gasteiger partial charge is 0.347 e. The Bertz CT molecular complexity index is 463. The summed E-state index contributed by atoms with van der Waals surface area (Å²) in [6.07, 6.45) is 0. The molecule has 5 heteroatoms. The molecule has 0 fully saturated rings. The first-order chi connectivity index (χ1) is 7.38. The van der Waals surface area contributed by atoms with Gasteiger partial charge in [0.05, 0.1) is 0 Å². The van der Waals surface area contributed by atoms with E-state index in [1.807, 2.05) is 0 Å². The Balaban J connectivity index is 3.13. The Kier molecular flexibility index (Phi) is 3.14. The quantitative estimate of drug-likeness (QED) is 0.850. The maximum atomic E-state index is 13.2. The van der Waals surface area contributed by atoms with Crippen molar-refractivity contribution in [2.24, 2.45) is 0 Å². The third-order valence-electron chi connectivity index (χ3n) is 1.97. The van der Waals surface area contributed by atoms with Gasteiger partial charge in [0, 0.05) is 0 Å². The molecule has 1 aromatic carbocycles. The van der Waals surface area contributed by atoms with Crippen molar-refractivity contribution in [1.82, 2.24) is 0 Å². The van der Waals surface area contributed by atoms with Gasteiger partial charge in [0.25, 0.3) is 0 Å². The molecule has 0 unspecified atom stereocenters. The fourth-order valence-corrected chi connectivity index (χ4v) is 1.02. The zero-order valence-electron chi connectivity index (χ0n) is 8.82. The predicted octanol–water partition coefficient (Wildman–Crippen LogP) is 1.94. The van der Waals surface area contributed by atoms with Gasteiger partial charge in [-0.1, -0.05) is 6.07 Å². The number of carboxylic acids is 1. The predicted molar refractivity (Wildman–Crippen MR) is 53.5 cm³/mol. The van der Waals surface area contributed by atoms with Gasteiger partial charge in [0.1, 0.15) is 23.2 Å². The molecule has 0 aromatic heterocycles. The van der Waals surface area contributed by atoms with E-state index < -0.39 is 17.4 Å². The summed E-state index contributed by atoms with van der Waals surface area (Å²) in [7, 11) is 0. The van der Waals surface area contributed by atoms with Crippen LogP contribution in [-0.4, -0.2) is 16.7 Å². The Hall–Kier alpha value is -2.09. The monoisotopic (exact) mass is 223 g/mol. The zero-order valence-corrected chi connectivity index (χ0v) is 8.82. The van der Waals surface area contributed by atoms with Crippen LogP contribution in [0.4, 0.5) is 4.39 Å². The summed E-state index contributed by atoms with van der Waals surface area (Å²) in [4.78, 5) is 10.8. The average molecular weight is 223 g/mol. The Morgan fingerprint density at radius 1 is 1.56 bits per heavy atom. The molecule has 0 aliphatic carbocycles. The molecule has 0 aliphatic heterocycles. The average Bonchev–Trinajstić information content (AvgIpc) is 2.17. The van der Waals surface area contributed by atoms with Crippen LogP contribution in [0.2, 0.25) is 0 Å². The van der Waals surface area contributed by atoms with Crippen molar-refractivity contribution in [2.45, 2.75) is 19.4 Å². The molecular formula is C11H10FNO3. The highest BCUT2D eigenvalue weighted by Crippen LogP contribution is 2.24. The molecule has 0 bridgehead atoms. The van der Waals surface area contributed by atoms with Gasteiger partial charge < -0.3 is 9.84 Å². The second-order valence-corrected chi connectivity index (χ2v) is 3.64. The first-order valence-corrected chi connectivity index (χ1v) is 4.49. The molecule has 1 aromatic rings. The minimum Gasteiger partial charge on any atom is -0.478 e. The van der Waals surface area contributed by atoms with Crippen LogP contribution in [0.3, 0.4) is 0 Å². The van der Waals surface area contributed by atoms with E-state index in [-0.39, 0.29) is 11.3 Å². The van der Waals surface area contributed by atoms with Gasteiger partial charge in [-0.3, -0.25) is 0 Å². The number of carboxylic acid groups (broad SMARTS) is 1. The second-order valence-electron chi connectivity index (χ2n) is 3.64. The highest BCUT2D eigenvalue weighted by molar-refractivity contribution is 5.77. The number of carbonyl (C=O) groups is 1. The fraction of sp³-hybridized carbons (Fsp3) is 0.273. The van der Waals surface area contributed by atoms with Gasteiger partial charge in [-0.25, -0.2) is 9.18 Å². The summed E-state index contributed by atoms with van der Waals surface area (Å²) >= 11 is 0. The molecule has 0 atom stereocenters. The van der Waals surface area contributed by atoms with E-state index in [1.54, 1.807) is 6.07 Å². The molecule has 0 amide bonds. The summed E-state index contributed by atoms with van der Waals surface area (Å²) in [5, 5.41) is 17.6. The lowest BCUT2D eigenvalue weighted by Crippen LogP contribution is -2.38. The number of benzene rings is 1. The third-order valence-corrected chi connectivity index (χ3v) is 1.97. The van der Waals surface area contributed by atoms with Crippen molar-refractivity contribution in [1.29, 1.82) is 5.26 Å². The first-order valence-electron chi connectivity index (χ1n) is 4.49. The molecule has 0 saturated carbocycles. The van der Waals surface area contributed by atoms with Crippen LogP contribution in [0.1, 0.15) is 19.4 Å². The van der Waals surface area contributed by atoms with Crippen LogP contribution >= 0.6 is 0 Å². The molecule has 0 saturated heterocycles. The van der Waals surface area contributed by atoms with Crippen LogP contribution in [0.15, 0.2) is 18.2 Å². The Labute approximate surface area is 91.9 Å². The lowest BCUT2D eigenvalue weighted by atomic mass is 10.1. The number of halogens is 1. The summed E-state index contributed by atoms with van der Waals surface area (Å²) in [6.45, 7) is 2.64. The number of rotatable bonds is 3. The highest BCUT2D eigenvalue weighted by Gasteiger charge is 2.30. The van der Waals surface area contributed by atoms with Crippen molar-refractivity contribution in [3.8, 4) is 11.8 Å². The molecule has 0 radical (unpaired) electrons. The van der Waals surface area contributed by atoms with Gasteiger partial charge in [-0.05, 0) is 26.0 Å². The number of ether oxygens (including phenoxy) is 1. The summed E-state index contributed by atoms with van der Waals surface area (Å²) < 4.78 is 18.3. The maximum absolute atomic E-state index is 13.2. The van der Waals surface area contributed by atoms with Gasteiger partial charge >= 0.3 is 5.97 Å². The summed E-state index contributed by atoms with van der Waals surface area (Å²) in [5.74, 6) is -2.00. The van der Waals surface area contributed by atoms with E-state index >= 15 is 0 Å². The topological polar surface area (TPSA) is 70.3 Å². The molecule has 1 N–H and O–H groups in total. The van der Waals surface area contributed by atoms with E-state index in [9.17, 15) is 9.18 Å². The molecule has 1 rings (SSSR count). The lowest BCUT2D eigenvalue weighted by molar-refractivity contribution is -0.152. The largest absolute Gasteiger partial charge is 0.478 e. The van der Waals surface area contributed by atoms with Crippen LogP contribution in [0.25, 0.3) is 0 Å². The number of hydrogen-bond acceptors (Lipinski definition) is 3. The van der Waals surface area contributed by atoms with E-state index in [2.05, 4.69) is 0 Å². The number of nitrogens with zero attached hydrogens (tertiary/aromatic N) is 1. The van der Waals surface area contributed by atoms with Gasteiger partial charge in [-0.2, -0.15) is 5.26 Å². The fourth-order valence-electron chi connectivity index (χ4n) is 1.02. The SMILES string of the molecule is CC(C)(Oc1cccc(F)c1C#N)C(=O)O. The molecule has 4 nitrogen and oxygen atoms in total. The second kappa shape index (κ2) is 4.19. The van der Waals surface area contributed by atoms with Gasteiger partial charge in [-0.15, -0.1) is 0 Å². The zero-order chi connectivity index (χ0) is 12.3. The van der Waals surface area contributed by atoms with Crippen molar-refractivity contribution in [2.75, 3.05) is 0 Å². The minimum atomic E-state index is -1.51. The van der Waals surface area contributed by atoms with Crippen LogP contribution in [0, 0.1) is 17.1 Å².